The molecule has 0 unspecified atom stereocenters. The quantitative estimate of drug-likeness (QED) is 0.335. The lowest BCUT2D eigenvalue weighted by Gasteiger charge is -2.31. The molecule has 1 atom stereocenters. The number of nitrogens with one attached hydrogen (secondary N) is 1. The molecule has 2 amide bonds. The van der Waals surface area contributed by atoms with E-state index in [4.69, 9.17) is 16.3 Å². The monoisotopic (exact) mass is 492 g/mol. The number of nitrogens with zero attached hydrogens (tertiary/aromatic N) is 1. The van der Waals surface area contributed by atoms with E-state index in [0.29, 0.717) is 37.6 Å². The molecule has 0 fully saturated rings. The molecule has 3 aromatic carbocycles. The van der Waals surface area contributed by atoms with Crippen molar-refractivity contribution in [3.05, 3.63) is 101 Å². The van der Waals surface area contributed by atoms with Gasteiger partial charge in [-0.2, -0.15) is 0 Å². The average Bonchev–Trinajstić information content (AvgIpc) is 2.87. The normalized spacial score (nSPS) is 11.5. The minimum Gasteiger partial charge on any atom is -0.494 e. The van der Waals surface area contributed by atoms with Crippen LogP contribution in [0.4, 0.5) is 0 Å². The van der Waals surface area contributed by atoms with Crippen molar-refractivity contribution in [2.24, 2.45) is 0 Å². The highest BCUT2D eigenvalue weighted by Gasteiger charge is 2.29. The molecule has 0 spiro atoms. The Hall–Kier alpha value is -3.31. The maximum atomic E-state index is 13.5. The predicted octanol–water partition coefficient (Wildman–Crippen LogP) is 5.58. The highest BCUT2D eigenvalue weighted by Crippen LogP contribution is 2.18. The fraction of sp³-hybridized carbons (Fsp3) is 0.310. The average molecular weight is 493 g/mol. The van der Waals surface area contributed by atoms with Crippen LogP contribution < -0.4 is 10.1 Å². The number of hydrogen-bond acceptors (Lipinski definition) is 3. The van der Waals surface area contributed by atoms with Crippen LogP contribution in [-0.4, -0.2) is 35.9 Å². The molecular weight excluding hydrogens is 460 g/mol. The van der Waals surface area contributed by atoms with E-state index in [1.807, 2.05) is 80.6 Å². The minimum atomic E-state index is -0.626. The third-order valence-corrected chi connectivity index (χ3v) is 5.96. The first kappa shape index (κ1) is 26.3. The van der Waals surface area contributed by atoms with Crippen molar-refractivity contribution >= 4 is 23.4 Å². The van der Waals surface area contributed by atoms with Crippen LogP contribution in [0, 0.1) is 6.92 Å². The molecule has 0 radical (unpaired) electrons. The number of amides is 2. The van der Waals surface area contributed by atoms with Gasteiger partial charge in [0.05, 0.1) is 6.61 Å². The predicted molar refractivity (Wildman–Crippen MR) is 141 cm³/mol. The molecule has 0 aliphatic rings. The molecule has 0 aliphatic heterocycles. The Labute approximate surface area is 213 Å². The van der Waals surface area contributed by atoms with Gasteiger partial charge in [-0.25, -0.2) is 0 Å². The van der Waals surface area contributed by atoms with Crippen LogP contribution in [0.2, 0.25) is 5.02 Å². The SMILES string of the molecule is CCNC(=O)[C@H](Cc1ccccc1)N(Cc1ccc(Cl)cc1)C(=O)CCCOc1ccc(C)cc1. The van der Waals surface area contributed by atoms with Crippen LogP contribution in [0.3, 0.4) is 0 Å². The lowest BCUT2D eigenvalue weighted by atomic mass is 10.0. The summed E-state index contributed by atoms with van der Waals surface area (Å²) in [4.78, 5) is 28.3. The van der Waals surface area contributed by atoms with E-state index in [9.17, 15) is 9.59 Å². The minimum absolute atomic E-state index is 0.0837. The number of carbonyl (C=O) groups excluding carboxylic acids is 2. The standard InChI is InChI=1S/C29H33ClN2O3/c1-3-31-29(34)27(20-23-8-5-4-6-9-23)32(21-24-13-15-25(30)16-14-24)28(33)10-7-19-35-26-17-11-22(2)12-18-26/h4-6,8-9,11-18,27H,3,7,10,19-21H2,1-2H3,(H,31,34)/t27-/m0/s1. The first-order valence-corrected chi connectivity index (χ1v) is 12.4. The molecule has 35 heavy (non-hydrogen) atoms. The molecule has 0 aliphatic carbocycles. The van der Waals surface area contributed by atoms with Crippen molar-refractivity contribution in [1.82, 2.24) is 10.2 Å². The Morgan fingerprint density at radius 1 is 0.943 bits per heavy atom. The first-order chi connectivity index (χ1) is 17.0. The third kappa shape index (κ3) is 8.45. The maximum absolute atomic E-state index is 13.5. The summed E-state index contributed by atoms with van der Waals surface area (Å²) < 4.78 is 5.80. The lowest BCUT2D eigenvalue weighted by Crippen LogP contribution is -2.50. The number of likely N-dealkylation sites (N-methyl/N-ethyl adjacent to an activating group) is 1. The number of halogens is 1. The molecule has 3 aromatic rings. The molecule has 1 N–H and O–H groups in total. The Morgan fingerprint density at radius 3 is 2.29 bits per heavy atom. The molecule has 6 heteroatoms. The van der Waals surface area contributed by atoms with Gasteiger partial charge in [0.25, 0.3) is 0 Å². The van der Waals surface area contributed by atoms with Crippen LogP contribution >= 0.6 is 11.6 Å². The van der Waals surface area contributed by atoms with Gasteiger partial charge < -0.3 is 15.0 Å². The number of rotatable bonds is 12. The zero-order chi connectivity index (χ0) is 25.0. The van der Waals surface area contributed by atoms with E-state index in [1.165, 1.54) is 5.56 Å². The molecule has 184 valence electrons. The molecule has 3 rings (SSSR count). The van der Waals surface area contributed by atoms with Crippen molar-refractivity contribution < 1.29 is 14.3 Å². The molecule has 0 saturated carbocycles. The van der Waals surface area contributed by atoms with Crippen LogP contribution in [0.1, 0.15) is 36.5 Å². The smallest absolute Gasteiger partial charge is 0.243 e. The van der Waals surface area contributed by atoms with Crippen molar-refractivity contribution in [2.45, 2.75) is 45.7 Å². The Balaban J connectivity index is 1.75. The summed E-state index contributed by atoms with van der Waals surface area (Å²) in [6.07, 6.45) is 1.27. The second-order valence-electron chi connectivity index (χ2n) is 8.51. The van der Waals surface area contributed by atoms with Crippen molar-refractivity contribution in [2.75, 3.05) is 13.2 Å². The van der Waals surface area contributed by atoms with Gasteiger partial charge in [-0.1, -0.05) is 71.8 Å². The van der Waals surface area contributed by atoms with Gasteiger partial charge in [0.15, 0.2) is 0 Å². The maximum Gasteiger partial charge on any atom is 0.243 e. The van der Waals surface area contributed by atoms with Gasteiger partial charge in [-0.3, -0.25) is 9.59 Å². The third-order valence-electron chi connectivity index (χ3n) is 5.71. The number of ether oxygens (including phenoxy) is 1. The first-order valence-electron chi connectivity index (χ1n) is 12.0. The highest BCUT2D eigenvalue weighted by atomic mass is 35.5. The van der Waals surface area contributed by atoms with Crippen molar-refractivity contribution in [3.8, 4) is 5.75 Å². The van der Waals surface area contributed by atoms with E-state index in [0.717, 1.165) is 16.9 Å². The summed E-state index contributed by atoms with van der Waals surface area (Å²) in [5.74, 6) is 0.541. The van der Waals surface area contributed by atoms with Crippen molar-refractivity contribution in [3.63, 3.8) is 0 Å². The number of aryl methyl sites for hydroxylation is 1. The van der Waals surface area contributed by atoms with Crippen LogP contribution in [-0.2, 0) is 22.6 Å². The zero-order valence-corrected chi connectivity index (χ0v) is 21.1. The summed E-state index contributed by atoms with van der Waals surface area (Å²) in [5.41, 5.74) is 3.08. The highest BCUT2D eigenvalue weighted by molar-refractivity contribution is 6.30. The summed E-state index contributed by atoms with van der Waals surface area (Å²) in [7, 11) is 0. The van der Waals surface area contributed by atoms with Gasteiger partial charge in [0.1, 0.15) is 11.8 Å². The van der Waals surface area contributed by atoms with E-state index in [1.54, 1.807) is 17.0 Å². The topological polar surface area (TPSA) is 58.6 Å². The molecule has 0 heterocycles. The Morgan fingerprint density at radius 2 is 1.63 bits per heavy atom. The fourth-order valence-corrected chi connectivity index (χ4v) is 3.95. The summed E-state index contributed by atoms with van der Waals surface area (Å²) in [5, 5.41) is 3.54. The van der Waals surface area contributed by atoms with Crippen LogP contribution in [0.25, 0.3) is 0 Å². The van der Waals surface area contributed by atoms with E-state index < -0.39 is 6.04 Å². The second-order valence-corrected chi connectivity index (χ2v) is 8.95. The van der Waals surface area contributed by atoms with E-state index in [-0.39, 0.29) is 18.2 Å². The van der Waals surface area contributed by atoms with E-state index >= 15 is 0 Å². The molecule has 5 nitrogen and oxygen atoms in total. The summed E-state index contributed by atoms with van der Waals surface area (Å²) in [6, 6.07) is 24.4. The Kier molecular flexibility index (Phi) is 10.2. The Bertz CT molecular complexity index is 1070. The zero-order valence-electron chi connectivity index (χ0n) is 20.4. The second kappa shape index (κ2) is 13.5. The van der Waals surface area contributed by atoms with Crippen LogP contribution in [0.15, 0.2) is 78.9 Å². The lowest BCUT2D eigenvalue weighted by molar-refractivity contribution is -0.141. The van der Waals surface area contributed by atoms with Gasteiger partial charge in [-0.05, 0) is 55.7 Å². The molecule has 0 saturated heterocycles. The summed E-state index contributed by atoms with van der Waals surface area (Å²) >= 11 is 6.06. The summed E-state index contributed by atoms with van der Waals surface area (Å²) in [6.45, 7) is 5.15. The largest absolute Gasteiger partial charge is 0.494 e. The van der Waals surface area contributed by atoms with Gasteiger partial charge in [0, 0.05) is 31.0 Å². The van der Waals surface area contributed by atoms with Crippen molar-refractivity contribution in [1.29, 1.82) is 0 Å². The fourth-order valence-electron chi connectivity index (χ4n) is 3.82. The van der Waals surface area contributed by atoms with Crippen LogP contribution in [0.5, 0.6) is 5.75 Å². The van der Waals surface area contributed by atoms with Gasteiger partial charge in [-0.15, -0.1) is 0 Å². The number of hydrogen-bond donors (Lipinski definition) is 1. The van der Waals surface area contributed by atoms with Gasteiger partial charge >= 0.3 is 0 Å². The number of benzene rings is 3. The molecular formula is C29H33ClN2O3. The molecule has 0 bridgehead atoms. The number of carbonyl (C=O) groups is 2. The molecule has 0 aromatic heterocycles. The van der Waals surface area contributed by atoms with Gasteiger partial charge in [0.2, 0.25) is 11.8 Å². The van der Waals surface area contributed by atoms with E-state index in [2.05, 4.69) is 5.32 Å².